The van der Waals surface area contributed by atoms with Crippen LogP contribution in [-0.4, -0.2) is 48.6 Å². The Bertz CT molecular complexity index is 547. The van der Waals surface area contributed by atoms with Crippen molar-refractivity contribution in [2.24, 2.45) is 0 Å². The van der Waals surface area contributed by atoms with E-state index in [4.69, 9.17) is 0 Å². The summed E-state index contributed by atoms with van der Waals surface area (Å²) >= 11 is 0. The molecular weight excluding hydrogens is 269 g/mol. The predicted molar refractivity (Wildman–Crippen MR) is 70.9 cm³/mol. The maximum Gasteiger partial charge on any atom is 0.154 e. The van der Waals surface area contributed by atoms with Gasteiger partial charge in [0.05, 0.1) is 23.7 Å². The molecule has 1 N–H and O–H groups in total. The number of halogens is 1. The van der Waals surface area contributed by atoms with Crippen LogP contribution in [0, 0.1) is 5.82 Å². The lowest BCUT2D eigenvalue weighted by atomic mass is 10.1. The Morgan fingerprint density at radius 2 is 2.16 bits per heavy atom. The predicted octanol–water partition coefficient (Wildman–Crippen LogP) is 0.806. The molecule has 1 aliphatic heterocycles. The van der Waals surface area contributed by atoms with Crippen LogP contribution in [-0.2, 0) is 16.4 Å². The maximum atomic E-state index is 13.1. The number of aliphatic hydroxyl groups excluding tert-OH is 1. The van der Waals surface area contributed by atoms with E-state index >= 15 is 0 Å². The lowest BCUT2D eigenvalue weighted by Crippen LogP contribution is -2.42. The monoisotopic (exact) mass is 287 g/mol. The highest BCUT2D eigenvalue weighted by Gasteiger charge is 2.39. The van der Waals surface area contributed by atoms with E-state index in [1.54, 1.807) is 12.1 Å². The number of nitrogens with zero attached hydrogens (tertiary/aromatic N) is 1. The average Bonchev–Trinajstić information content (AvgIpc) is 2.60. The van der Waals surface area contributed by atoms with Crippen LogP contribution >= 0.6 is 0 Å². The van der Waals surface area contributed by atoms with Gasteiger partial charge in [-0.05, 0) is 24.2 Å². The standard InChI is InChI=1S/C13H18FNO3S/c1-2-15(7-10-4-3-5-11(14)6-10)12-8-19(17,18)9-13(12)16/h3-6,12-13,16H,2,7-9H2,1H3/t12-,13+/m1/s1. The van der Waals surface area contributed by atoms with Crippen molar-refractivity contribution in [2.75, 3.05) is 18.1 Å². The lowest BCUT2D eigenvalue weighted by molar-refractivity contribution is 0.0818. The van der Waals surface area contributed by atoms with Gasteiger partial charge in [0.2, 0.25) is 0 Å². The van der Waals surface area contributed by atoms with Gasteiger partial charge in [-0.15, -0.1) is 0 Å². The fourth-order valence-electron chi connectivity index (χ4n) is 2.49. The first kappa shape index (κ1) is 14.4. The Morgan fingerprint density at radius 3 is 2.68 bits per heavy atom. The zero-order valence-corrected chi connectivity index (χ0v) is 11.6. The number of benzene rings is 1. The van der Waals surface area contributed by atoms with E-state index in [0.29, 0.717) is 13.1 Å². The van der Waals surface area contributed by atoms with Crippen LogP contribution in [0.3, 0.4) is 0 Å². The first-order valence-electron chi connectivity index (χ1n) is 6.28. The number of sulfone groups is 1. The van der Waals surface area contributed by atoms with E-state index in [2.05, 4.69) is 0 Å². The third kappa shape index (κ3) is 3.52. The van der Waals surface area contributed by atoms with Crippen molar-refractivity contribution >= 4 is 9.84 Å². The highest BCUT2D eigenvalue weighted by molar-refractivity contribution is 7.91. The lowest BCUT2D eigenvalue weighted by Gasteiger charge is -2.28. The van der Waals surface area contributed by atoms with Crippen molar-refractivity contribution in [3.63, 3.8) is 0 Å². The fourth-order valence-corrected chi connectivity index (χ4v) is 4.32. The van der Waals surface area contributed by atoms with E-state index < -0.39 is 22.0 Å². The fraction of sp³-hybridized carbons (Fsp3) is 0.538. The van der Waals surface area contributed by atoms with Crippen LogP contribution < -0.4 is 0 Å². The quantitative estimate of drug-likeness (QED) is 0.890. The van der Waals surface area contributed by atoms with Gasteiger partial charge in [0.15, 0.2) is 9.84 Å². The van der Waals surface area contributed by atoms with Gasteiger partial charge in [-0.1, -0.05) is 19.1 Å². The molecule has 1 fully saturated rings. The van der Waals surface area contributed by atoms with E-state index in [1.807, 2.05) is 11.8 Å². The van der Waals surface area contributed by atoms with Crippen molar-refractivity contribution in [1.29, 1.82) is 0 Å². The van der Waals surface area contributed by atoms with Crippen molar-refractivity contribution in [3.05, 3.63) is 35.6 Å². The highest BCUT2D eigenvalue weighted by atomic mass is 32.2. The molecule has 106 valence electrons. The molecule has 1 saturated heterocycles. The third-order valence-corrected chi connectivity index (χ3v) is 5.14. The molecule has 2 rings (SSSR count). The summed E-state index contributed by atoms with van der Waals surface area (Å²) in [5, 5.41) is 9.86. The molecule has 2 atom stereocenters. The van der Waals surface area contributed by atoms with Crippen LogP contribution in [0.5, 0.6) is 0 Å². The van der Waals surface area contributed by atoms with Crippen molar-refractivity contribution in [1.82, 2.24) is 4.90 Å². The van der Waals surface area contributed by atoms with Gasteiger partial charge < -0.3 is 5.11 Å². The van der Waals surface area contributed by atoms with Crippen molar-refractivity contribution in [2.45, 2.75) is 25.6 Å². The third-order valence-electron chi connectivity index (χ3n) is 3.44. The second kappa shape index (κ2) is 5.56. The molecule has 0 aromatic heterocycles. The minimum absolute atomic E-state index is 0.0304. The molecule has 0 bridgehead atoms. The molecule has 1 aliphatic rings. The zero-order valence-electron chi connectivity index (χ0n) is 10.8. The van der Waals surface area contributed by atoms with Gasteiger partial charge in [-0.3, -0.25) is 4.90 Å². The molecule has 0 aliphatic carbocycles. The smallest absolute Gasteiger partial charge is 0.154 e. The molecule has 0 spiro atoms. The molecule has 0 amide bonds. The molecule has 1 aromatic rings. The summed E-state index contributed by atoms with van der Waals surface area (Å²) in [5.41, 5.74) is 0.776. The number of aliphatic hydroxyl groups is 1. The molecular formula is C13H18FNO3S. The summed E-state index contributed by atoms with van der Waals surface area (Å²) in [4.78, 5) is 1.88. The second-order valence-corrected chi connectivity index (χ2v) is 7.06. The minimum atomic E-state index is -3.17. The zero-order chi connectivity index (χ0) is 14.0. The van der Waals surface area contributed by atoms with Crippen LogP contribution in [0.15, 0.2) is 24.3 Å². The Labute approximate surface area is 112 Å². The van der Waals surface area contributed by atoms with Gasteiger partial charge in [0, 0.05) is 6.54 Å². The van der Waals surface area contributed by atoms with E-state index in [9.17, 15) is 17.9 Å². The van der Waals surface area contributed by atoms with Gasteiger partial charge >= 0.3 is 0 Å². The summed E-state index contributed by atoms with van der Waals surface area (Å²) in [5.74, 6) is -0.526. The Hall–Kier alpha value is -0.980. The largest absolute Gasteiger partial charge is 0.390 e. The summed E-state index contributed by atoms with van der Waals surface area (Å²) in [6, 6.07) is 5.81. The van der Waals surface area contributed by atoms with Gasteiger partial charge in [-0.25, -0.2) is 12.8 Å². The summed E-state index contributed by atoms with van der Waals surface area (Å²) < 4.78 is 36.2. The van der Waals surface area contributed by atoms with Crippen LogP contribution in [0.2, 0.25) is 0 Å². The van der Waals surface area contributed by atoms with Crippen LogP contribution in [0.25, 0.3) is 0 Å². The summed E-state index contributed by atoms with van der Waals surface area (Å²) in [6.07, 6.45) is -0.862. The summed E-state index contributed by atoms with van der Waals surface area (Å²) in [6.45, 7) is 2.94. The molecule has 0 saturated carbocycles. The molecule has 4 nitrogen and oxygen atoms in total. The number of rotatable bonds is 4. The average molecular weight is 287 g/mol. The van der Waals surface area contributed by atoms with Gasteiger partial charge in [0.1, 0.15) is 5.82 Å². The SMILES string of the molecule is CCN(Cc1cccc(F)c1)[C@@H]1CS(=O)(=O)C[C@@H]1O. The van der Waals surface area contributed by atoms with Gasteiger partial charge in [-0.2, -0.15) is 0 Å². The van der Waals surface area contributed by atoms with Crippen LogP contribution in [0.4, 0.5) is 4.39 Å². The molecule has 1 heterocycles. The Balaban J connectivity index is 2.13. The Kier molecular flexibility index (Phi) is 4.23. The van der Waals surface area contributed by atoms with E-state index in [0.717, 1.165) is 5.56 Å². The van der Waals surface area contributed by atoms with E-state index in [-0.39, 0.29) is 17.3 Å². The topological polar surface area (TPSA) is 57.6 Å². The van der Waals surface area contributed by atoms with Gasteiger partial charge in [0.25, 0.3) is 0 Å². The first-order valence-corrected chi connectivity index (χ1v) is 8.10. The number of likely N-dealkylation sites (N-methyl/N-ethyl adjacent to an activating group) is 1. The molecule has 0 unspecified atom stereocenters. The second-order valence-electron chi connectivity index (χ2n) is 4.90. The number of hydrogen-bond acceptors (Lipinski definition) is 4. The first-order chi connectivity index (χ1) is 8.91. The van der Waals surface area contributed by atoms with Crippen molar-refractivity contribution < 1.29 is 17.9 Å². The van der Waals surface area contributed by atoms with Crippen LogP contribution in [0.1, 0.15) is 12.5 Å². The molecule has 1 aromatic carbocycles. The molecule has 6 heteroatoms. The maximum absolute atomic E-state index is 13.1. The van der Waals surface area contributed by atoms with E-state index in [1.165, 1.54) is 12.1 Å². The highest BCUT2D eigenvalue weighted by Crippen LogP contribution is 2.20. The summed E-state index contributed by atoms with van der Waals surface area (Å²) in [7, 11) is -3.17. The Morgan fingerprint density at radius 1 is 1.42 bits per heavy atom. The number of hydrogen-bond donors (Lipinski definition) is 1. The molecule has 0 radical (unpaired) electrons. The minimum Gasteiger partial charge on any atom is -0.390 e. The normalized spacial score (nSPS) is 25.9. The molecule has 19 heavy (non-hydrogen) atoms. The van der Waals surface area contributed by atoms with Crippen molar-refractivity contribution in [3.8, 4) is 0 Å².